The van der Waals surface area contributed by atoms with Crippen molar-refractivity contribution in [2.45, 2.75) is 26.9 Å². The van der Waals surface area contributed by atoms with Crippen LogP contribution in [0, 0.1) is 13.8 Å². The Morgan fingerprint density at radius 1 is 1.38 bits per heavy atom. The zero-order valence-electron chi connectivity index (χ0n) is 12.8. The maximum absolute atomic E-state index is 12.8. The second-order valence-corrected chi connectivity index (χ2v) is 5.62. The van der Waals surface area contributed by atoms with Crippen molar-refractivity contribution < 1.29 is 9.53 Å². The fourth-order valence-corrected chi connectivity index (χ4v) is 2.70. The third-order valence-corrected chi connectivity index (χ3v) is 3.66. The highest BCUT2D eigenvalue weighted by atomic mass is 16.5. The van der Waals surface area contributed by atoms with E-state index in [1.165, 1.54) is 0 Å². The Bertz CT molecular complexity index is 706. The van der Waals surface area contributed by atoms with Crippen molar-refractivity contribution in [3.63, 3.8) is 0 Å². The van der Waals surface area contributed by atoms with E-state index in [-0.39, 0.29) is 12.0 Å². The van der Waals surface area contributed by atoms with Gasteiger partial charge in [0.05, 0.1) is 23.5 Å². The van der Waals surface area contributed by atoms with Gasteiger partial charge in [-0.2, -0.15) is 5.10 Å². The molecule has 21 heavy (non-hydrogen) atoms. The van der Waals surface area contributed by atoms with E-state index in [4.69, 9.17) is 4.74 Å². The lowest BCUT2D eigenvalue weighted by Gasteiger charge is -2.33. The maximum atomic E-state index is 12.8. The highest BCUT2D eigenvalue weighted by Gasteiger charge is 2.29. The van der Waals surface area contributed by atoms with Crippen molar-refractivity contribution in [2.24, 2.45) is 7.05 Å². The first-order valence-corrected chi connectivity index (χ1v) is 7.05. The molecule has 0 saturated carbocycles. The monoisotopic (exact) mass is 285 g/mol. The molecule has 1 amide bonds. The Hall–Kier alpha value is -2.30. The van der Waals surface area contributed by atoms with Crippen LogP contribution in [0.1, 0.15) is 28.5 Å². The van der Waals surface area contributed by atoms with E-state index in [2.05, 4.69) is 5.10 Å². The van der Waals surface area contributed by atoms with Gasteiger partial charge in [0.1, 0.15) is 11.9 Å². The minimum absolute atomic E-state index is 0.0270. The molecule has 0 aliphatic carbocycles. The topological polar surface area (TPSA) is 47.4 Å². The van der Waals surface area contributed by atoms with Gasteiger partial charge in [-0.15, -0.1) is 0 Å². The number of carbonyl (C=O) groups is 1. The molecule has 0 N–H and O–H groups in total. The number of carbonyl (C=O) groups excluding carboxylic acids is 1. The van der Waals surface area contributed by atoms with E-state index in [0.29, 0.717) is 12.1 Å². The van der Waals surface area contributed by atoms with Gasteiger partial charge in [-0.25, -0.2) is 0 Å². The molecule has 0 radical (unpaired) electrons. The Labute approximate surface area is 124 Å². The van der Waals surface area contributed by atoms with E-state index in [0.717, 1.165) is 22.7 Å². The van der Waals surface area contributed by atoms with Crippen LogP contribution in [0.5, 0.6) is 5.75 Å². The Kier molecular flexibility index (Phi) is 3.20. The van der Waals surface area contributed by atoms with Crippen LogP contribution in [0.2, 0.25) is 0 Å². The smallest absolute Gasteiger partial charge is 0.261 e. The van der Waals surface area contributed by atoms with E-state index in [1.807, 2.05) is 46.0 Å². The molecule has 0 spiro atoms. The number of benzene rings is 1. The van der Waals surface area contributed by atoms with Crippen LogP contribution < -0.4 is 9.64 Å². The summed E-state index contributed by atoms with van der Waals surface area (Å²) in [6, 6.07) is 5.91. The van der Waals surface area contributed by atoms with E-state index < -0.39 is 0 Å². The molecule has 0 fully saturated rings. The van der Waals surface area contributed by atoms with Gasteiger partial charge < -0.3 is 9.64 Å². The molecule has 1 aromatic heterocycles. The van der Waals surface area contributed by atoms with E-state index >= 15 is 0 Å². The molecule has 3 rings (SSSR count). The number of hydrogen-bond acceptors (Lipinski definition) is 3. The maximum Gasteiger partial charge on any atom is 0.261 e. The number of nitrogens with zero attached hydrogens (tertiary/aromatic N) is 3. The summed E-state index contributed by atoms with van der Waals surface area (Å²) < 4.78 is 7.52. The summed E-state index contributed by atoms with van der Waals surface area (Å²) in [6.07, 6.45) is 1.74. The number of ether oxygens (including phenoxy) is 1. The lowest BCUT2D eigenvalue weighted by molar-refractivity contribution is 0.0960. The van der Waals surface area contributed by atoms with Crippen LogP contribution in [-0.2, 0) is 7.05 Å². The second kappa shape index (κ2) is 4.91. The molecule has 110 valence electrons. The second-order valence-electron chi connectivity index (χ2n) is 5.62. The summed E-state index contributed by atoms with van der Waals surface area (Å²) in [6.45, 7) is 6.39. The Morgan fingerprint density at radius 3 is 2.81 bits per heavy atom. The van der Waals surface area contributed by atoms with Crippen LogP contribution in [-0.4, -0.2) is 28.3 Å². The van der Waals surface area contributed by atoms with Crippen molar-refractivity contribution in [2.75, 3.05) is 11.4 Å². The first-order chi connectivity index (χ1) is 9.95. The SMILES string of the molecule is Cc1ccc2c(c1)OC(C)CN2C(=O)c1cn(C)nc1C. The average Bonchev–Trinajstić information content (AvgIpc) is 2.75. The third kappa shape index (κ3) is 2.39. The van der Waals surface area contributed by atoms with Crippen LogP contribution in [0.15, 0.2) is 24.4 Å². The highest BCUT2D eigenvalue weighted by Crippen LogP contribution is 2.35. The fourth-order valence-electron chi connectivity index (χ4n) is 2.70. The number of rotatable bonds is 1. The van der Waals surface area contributed by atoms with Gasteiger partial charge in [0.2, 0.25) is 0 Å². The average molecular weight is 285 g/mol. The van der Waals surface area contributed by atoms with Crippen molar-refractivity contribution in [1.82, 2.24) is 9.78 Å². The fraction of sp³-hybridized carbons (Fsp3) is 0.375. The summed E-state index contributed by atoms with van der Waals surface area (Å²) in [5.74, 6) is 0.740. The van der Waals surface area contributed by atoms with Gasteiger partial charge in [0.15, 0.2) is 0 Å². The highest BCUT2D eigenvalue weighted by molar-refractivity contribution is 6.07. The van der Waals surface area contributed by atoms with Crippen LogP contribution in [0.3, 0.4) is 0 Å². The molecule has 1 unspecified atom stereocenters. The number of fused-ring (bicyclic) bond motifs is 1. The van der Waals surface area contributed by atoms with Crippen LogP contribution in [0.25, 0.3) is 0 Å². The summed E-state index contributed by atoms with van der Waals surface area (Å²) >= 11 is 0. The van der Waals surface area contributed by atoms with E-state index in [9.17, 15) is 4.79 Å². The predicted octanol–water partition coefficient (Wildman–Crippen LogP) is 2.46. The molecule has 1 aliphatic rings. The molecule has 1 aromatic carbocycles. The molecule has 5 nitrogen and oxygen atoms in total. The van der Waals surface area contributed by atoms with Crippen molar-refractivity contribution in [1.29, 1.82) is 0 Å². The molecule has 5 heteroatoms. The molecule has 2 heterocycles. The number of aryl methyl sites for hydroxylation is 3. The summed E-state index contributed by atoms with van der Waals surface area (Å²) in [4.78, 5) is 14.6. The quantitative estimate of drug-likeness (QED) is 0.808. The molecule has 2 aromatic rings. The Morgan fingerprint density at radius 2 is 2.14 bits per heavy atom. The first kappa shape index (κ1) is 13.7. The minimum atomic E-state index is -0.0276. The molecular weight excluding hydrogens is 266 g/mol. The lowest BCUT2D eigenvalue weighted by atomic mass is 10.1. The van der Waals surface area contributed by atoms with Crippen LogP contribution in [0.4, 0.5) is 5.69 Å². The van der Waals surface area contributed by atoms with Gasteiger partial charge in [0, 0.05) is 13.2 Å². The summed E-state index contributed by atoms with van der Waals surface area (Å²) in [7, 11) is 1.82. The number of hydrogen-bond donors (Lipinski definition) is 0. The third-order valence-electron chi connectivity index (χ3n) is 3.66. The normalized spacial score (nSPS) is 17.3. The zero-order chi connectivity index (χ0) is 15.1. The molecule has 0 bridgehead atoms. The van der Waals surface area contributed by atoms with Gasteiger partial charge in [-0.1, -0.05) is 6.07 Å². The van der Waals surface area contributed by atoms with Gasteiger partial charge in [-0.05, 0) is 38.5 Å². The lowest BCUT2D eigenvalue weighted by Crippen LogP contribution is -2.42. The van der Waals surface area contributed by atoms with Gasteiger partial charge in [0.25, 0.3) is 5.91 Å². The predicted molar refractivity (Wildman–Crippen MR) is 80.9 cm³/mol. The van der Waals surface area contributed by atoms with Crippen molar-refractivity contribution in [3.8, 4) is 5.75 Å². The largest absolute Gasteiger partial charge is 0.487 e. The summed E-state index contributed by atoms with van der Waals surface area (Å²) in [5, 5.41) is 4.25. The molecule has 1 atom stereocenters. The first-order valence-electron chi connectivity index (χ1n) is 7.05. The summed E-state index contributed by atoms with van der Waals surface area (Å²) in [5.41, 5.74) is 3.33. The van der Waals surface area contributed by atoms with Gasteiger partial charge in [-0.3, -0.25) is 9.48 Å². The van der Waals surface area contributed by atoms with Crippen LogP contribution >= 0.6 is 0 Å². The molecule has 1 aliphatic heterocycles. The van der Waals surface area contributed by atoms with Crippen molar-refractivity contribution >= 4 is 11.6 Å². The standard InChI is InChI=1S/C16H19N3O2/c1-10-5-6-14-15(7-10)21-11(2)8-19(14)16(20)13-9-18(4)17-12(13)3/h5-7,9,11H,8H2,1-4H3. The number of aromatic nitrogens is 2. The Balaban J connectivity index is 2.03. The molecular formula is C16H19N3O2. The van der Waals surface area contributed by atoms with Gasteiger partial charge >= 0.3 is 0 Å². The number of amides is 1. The minimum Gasteiger partial charge on any atom is -0.487 e. The van der Waals surface area contributed by atoms with Crippen molar-refractivity contribution in [3.05, 3.63) is 41.2 Å². The zero-order valence-corrected chi connectivity index (χ0v) is 12.8. The van der Waals surface area contributed by atoms with E-state index in [1.54, 1.807) is 15.8 Å². The molecule has 0 saturated heterocycles. The number of anilines is 1.